The van der Waals surface area contributed by atoms with Crippen LogP contribution in [0.15, 0.2) is 0 Å². The Balaban J connectivity index is 1.75. The van der Waals surface area contributed by atoms with Gasteiger partial charge in [0, 0.05) is 6.42 Å². The lowest BCUT2D eigenvalue weighted by Gasteiger charge is -2.26. The standard InChI is InChI=1S/C13H22O4S/c1-10-3-2-4-11(7-10)8-13(14)17-12-5-6-18(15,16)9-12/h10-12H,2-9H2,1H3. The van der Waals surface area contributed by atoms with Crippen molar-refractivity contribution in [1.29, 1.82) is 0 Å². The molecule has 1 saturated carbocycles. The van der Waals surface area contributed by atoms with Gasteiger partial charge in [-0.1, -0.05) is 19.8 Å². The molecule has 2 aliphatic rings. The van der Waals surface area contributed by atoms with Crippen LogP contribution in [0.1, 0.15) is 45.4 Å². The zero-order valence-corrected chi connectivity index (χ0v) is 11.7. The van der Waals surface area contributed by atoms with Gasteiger partial charge in [-0.15, -0.1) is 0 Å². The number of sulfone groups is 1. The van der Waals surface area contributed by atoms with Crippen molar-refractivity contribution in [3.63, 3.8) is 0 Å². The lowest BCUT2D eigenvalue weighted by atomic mass is 9.81. The first-order valence-electron chi connectivity index (χ1n) is 6.84. The SMILES string of the molecule is CC1CCCC(CC(=O)OC2CCS(=O)(=O)C2)C1. The molecule has 104 valence electrons. The summed E-state index contributed by atoms with van der Waals surface area (Å²) in [7, 11) is -2.96. The molecule has 0 aromatic heterocycles. The summed E-state index contributed by atoms with van der Waals surface area (Å²) in [6.07, 6.45) is 5.17. The summed E-state index contributed by atoms with van der Waals surface area (Å²) in [5, 5.41) is 0. The topological polar surface area (TPSA) is 60.4 Å². The van der Waals surface area contributed by atoms with Gasteiger partial charge in [0.1, 0.15) is 6.10 Å². The van der Waals surface area contributed by atoms with E-state index in [1.165, 1.54) is 12.8 Å². The predicted molar refractivity (Wildman–Crippen MR) is 68.9 cm³/mol. The highest BCUT2D eigenvalue weighted by molar-refractivity contribution is 7.91. The van der Waals surface area contributed by atoms with Crippen molar-refractivity contribution in [3.05, 3.63) is 0 Å². The predicted octanol–water partition coefficient (Wildman–Crippen LogP) is 1.93. The fourth-order valence-electron chi connectivity index (χ4n) is 3.07. The van der Waals surface area contributed by atoms with Crippen molar-refractivity contribution in [2.24, 2.45) is 11.8 Å². The van der Waals surface area contributed by atoms with E-state index >= 15 is 0 Å². The molecular weight excluding hydrogens is 252 g/mol. The Bertz CT molecular complexity index is 401. The first-order valence-corrected chi connectivity index (χ1v) is 8.66. The van der Waals surface area contributed by atoms with Gasteiger partial charge < -0.3 is 4.74 Å². The number of carbonyl (C=O) groups is 1. The first kappa shape index (κ1) is 13.8. The molecule has 1 aliphatic heterocycles. The fourth-order valence-corrected chi connectivity index (χ4v) is 4.66. The van der Waals surface area contributed by atoms with Crippen molar-refractivity contribution >= 4 is 15.8 Å². The molecule has 1 heterocycles. The Kier molecular flexibility index (Phi) is 4.30. The van der Waals surface area contributed by atoms with Gasteiger partial charge in [-0.2, -0.15) is 0 Å². The van der Waals surface area contributed by atoms with Crippen LogP contribution in [-0.2, 0) is 19.4 Å². The van der Waals surface area contributed by atoms with Crippen LogP contribution in [0.4, 0.5) is 0 Å². The van der Waals surface area contributed by atoms with E-state index in [4.69, 9.17) is 4.74 Å². The number of esters is 1. The molecule has 0 amide bonds. The van der Waals surface area contributed by atoms with Crippen molar-refractivity contribution in [3.8, 4) is 0 Å². The van der Waals surface area contributed by atoms with E-state index < -0.39 is 15.9 Å². The Morgan fingerprint density at radius 3 is 2.67 bits per heavy atom. The van der Waals surface area contributed by atoms with Crippen LogP contribution in [-0.4, -0.2) is 32.0 Å². The van der Waals surface area contributed by atoms with Crippen molar-refractivity contribution < 1.29 is 17.9 Å². The molecule has 3 atom stereocenters. The zero-order valence-electron chi connectivity index (χ0n) is 10.9. The molecule has 0 bridgehead atoms. The van der Waals surface area contributed by atoms with Gasteiger partial charge in [0.25, 0.3) is 0 Å². The largest absolute Gasteiger partial charge is 0.461 e. The summed E-state index contributed by atoms with van der Waals surface area (Å²) < 4.78 is 27.8. The smallest absolute Gasteiger partial charge is 0.306 e. The maximum absolute atomic E-state index is 11.8. The molecule has 0 aromatic carbocycles. The maximum atomic E-state index is 11.8. The molecule has 2 fully saturated rings. The number of carbonyl (C=O) groups excluding carboxylic acids is 1. The third kappa shape index (κ3) is 3.97. The Morgan fingerprint density at radius 2 is 2.06 bits per heavy atom. The average Bonchev–Trinajstić information content (AvgIpc) is 2.57. The third-order valence-electron chi connectivity index (χ3n) is 3.99. The minimum absolute atomic E-state index is 0.0137. The highest BCUT2D eigenvalue weighted by atomic mass is 32.2. The van der Waals surface area contributed by atoms with Gasteiger partial charge in [-0.3, -0.25) is 4.79 Å². The molecule has 1 aliphatic carbocycles. The van der Waals surface area contributed by atoms with Gasteiger partial charge in [0.15, 0.2) is 9.84 Å². The number of hydrogen-bond acceptors (Lipinski definition) is 4. The molecule has 0 N–H and O–H groups in total. The molecule has 0 radical (unpaired) electrons. The van der Waals surface area contributed by atoms with E-state index in [-0.39, 0.29) is 17.5 Å². The average molecular weight is 274 g/mol. The van der Waals surface area contributed by atoms with Crippen LogP contribution in [0.2, 0.25) is 0 Å². The highest BCUT2D eigenvalue weighted by Gasteiger charge is 2.31. The van der Waals surface area contributed by atoms with Crippen LogP contribution in [0.5, 0.6) is 0 Å². The van der Waals surface area contributed by atoms with Crippen LogP contribution in [0.25, 0.3) is 0 Å². The van der Waals surface area contributed by atoms with Crippen LogP contribution in [0.3, 0.4) is 0 Å². The van der Waals surface area contributed by atoms with Gasteiger partial charge in [-0.25, -0.2) is 8.42 Å². The van der Waals surface area contributed by atoms with Gasteiger partial charge in [-0.05, 0) is 31.1 Å². The second-order valence-corrected chi connectivity index (χ2v) is 8.09. The minimum atomic E-state index is -2.96. The third-order valence-corrected chi connectivity index (χ3v) is 5.73. The normalized spacial score (nSPS) is 35.3. The number of hydrogen-bond donors (Lipinski definition) is 0. The van der Waals surface area contributed by atoms with Crippen LogP contribution < -0.4 is 0 Å². The Hall–Kier alpha value is -0.580. The van der Waals surface area contributed by atoms with E-state index in [1.807, 2.05) is 0 Å². The lowest BCUT2D eigenvalue weighted by Crippen LogP contribution is -2.23. The second-order valence-electron chi connectivity index (χ2n) is 5.86. The van der Waals surface area contributed by atoms with E-state index in [1.54, 1.807) is 0 Å². The summed E-state index contributed by atoms with van der Waals surface area (Å²) >= 11 is 0. The summed E-state index contributed by atoms with van der Waals surface area (Å²) in [5.41, 5.74) is 0. The van der Waals surface area contributed by atoms with Crippen molar-refractivity contribution in [1.82, 2.24) is 0 Å². The van der Waals surface area contributed by atoms with Crippen molar-refractivity contribution in [2.75, 3.05) is 11.5 Å². The maximum Gasteiger partial charge on any atom is 0.306 e. The molecule has 0 spiro atoms. The summed E-state index contributed by atoms with van der Waals surface area (Å²) in [5.74, 6) is 1.09. The monoisotopic (exact) mass is 274 g/mol. The summed E-state index contributed by atoms with van der Waals surface area (Å²) in [4.78, 5) is 11.8. The lowest BCUT2D eigenvalue weighted by molar-refractivity contribution is -0.149. The summed E-state index contributed by atoms with van der Waals surface area (Å²) in [6.45, 7) is 2.22. The molecule has 2 rings (SSSR count). The fraction of sp³-hybridized carbons (Fsp3) is 0.923. The van der Waals surface area contributed by atoms with E-state index in [2.05, 4.69) is 6.92 Å². The van der Waals surface area contributed by atoms with E-state index in [9.17, 15) is 13.2 Å². The van der Waals surface area contributed by atoms with E-state index in [0.717, 1.165) is 12.8 Å². The van der Waals surface area contributed by atoms with Crippen LogP contribution in [0, 0.1) is 11.8 Å². The highest BCUT2D eigenvalue weighted by Crippen LogP contribution is 2.31. The molecule has 18 heavy (non-hydrogen) atoms. The Labute approximate surface area is 109 Å². The molecule has 3 unspecified atom stereocenters. The molecular formula is C13H22O4S. The van der Waals surface area contributed by atoms with Gasteiger partial charge in [0.05, 0.1) is 11.5 Å². The minimum Gasteiger partial charge on any atom is -0.461 e. The number of rotatable bonds is 3. The molecule has 1 saturated heterocycles. The molecule has 5 heteroatoms. The quantitative estimate of drug-likeness (QED) is 0.738. The molecule has 0 aromatic rings. The van der Waals surface area contributed by atoms with Gasteiger partial charge in [0.2, 0.25) is 0 Å². The Morgan fingerprint density at radius 1 is 1.28 bits per heavy atom. The number of ether oxygens (including phenoxy) is 1. The van der Waals surface area contributed by atoms with Crippen molar-refractivity contribution in [2.45, 2.75) is 51.6 Å². The van der Waals surface area contributed by atoms with E-state index in [0.29, 0.717) is 24.7 Å². The second kappa shape index (κ2) is 5.59. The van der Waals surface area contributed by atoms with Crippen LogP contribution >= 0.6 is 0 Å². The molecule has 4 nitrogen and oxygen atoms in total. The summed E-state index contributed by atoms with van der Waals surface area (Å²) in [6, 6.07) is 0. The zero-order chi connectivity index (χ0) is 13.2. The first-order chi connectivity index (χ1) is 8.44. The van der Waals surface area contributed by atoms with Gasteiger partial charge >= 0.3 is 5.97 Å².